The summed E-state index contributed by atoms with van der Waals surface area (Å²) in [5, 5.41) is 8.72. The number of aromatic nitrogens is 1. The second-order valence-corrected chi connectivity index (χ2v) is 3.87. The zero-order chi connectivity index (χ0) is 9.97. The number of pyridine rings is 1. The zero-order valence-corrected chi connectivity index (χ0v) is 7.98. The van der Waals surface area contributed by atoms with Crippen LogP contribution >= 0.6 is 0 Å². The number of hydrogen-bond acceptors (Lipinski definition) is 3. The van der Waals surface area contributed by atoms with Gasteiger partial charge >= 0.3 is 0 Å². The fourth-order valence-electron chi connectivity index (χ4n) is 1.55. The van der Waals surface area contributed by atoms with E-state index >= 15 is 0 Å². The van der Waals surface area contributed by atoms with Crippen molar-refractivity contribution in [1.82, 2.24) is 4.98 Å². The molecule has 1 heterocycles. The zero-order valence-electron chi connectivity index (χ0n) is 7.98. The Bertz CT molecular complexity index is 363. The van der Waals surface area contributed by atoms with E-state index in [1.807, 2.05) is 0 Å². The van der Waals surface area contributed by atoms with Crippen molar-refractivity contribution in [3.8, 4) is 6.07 Å². The molecule has 0 aromatic carbocycles. The molecule has 0 amide bonds. The molecule has 0 aliphatic heterocycles. The Labute approximate surface area is 83.6 Å². The lowest BCUT2D eigenvalue weighted by atomic mass is 10.1. The second-order valence-electron chi connectivity index (χ2n) is 3.87. The summed E-state index contributed by atoms with van der Waals surface area (Å²) in [7, 11) is 0. The predicted octanol–water partition coefficient (Wildman–Crippen LogP) is 1.75. The summed E-state index contributed by atoms with van der Waals surface area (Å²) in [5.74, 6) is 0.789. The minimum Gasteiger partial charge on any atom is -0.323 e. The Morgan fingerprint density at radius 2 is 2.43 bits per heavy atom. The summed E-state index contributed by atoms with van der Waals surface area (Å²) in [5.41, 5.74) is 7.47. The Balaban J connectivity index is 2.09. The molecule has 1 aliphatic rings. The van der Waals surface area contributed by atoms with Crippen LogP contribution in [0.1, 0.15) is 36.6 Å². The van der Waals surface area contributed by atoms with Crippen LogP contribution in [-0.4, -0.2) is 4.98 Å². The van der Waals surface area contributed by atoms with Crippen molar-refractivity contribution in [2.75, 3.05) is 0 Å². The second kappa shape index (κ2) is 3.77. The van der Waals surface area contributed by atoms with E-state index in [0.717, 1.165) is 18.0 Å². The third-order valence-corrected chi connectivity index (χ3v) is 2.57. The molecule has 2 N–H and O–H groups in total. The maximum Gasteiger partial charge on any atom is 0.0992 e. The van der Waals surface area contributed by atoms with Gasteiger partial charge in [0.15, 0.2) is 0 Å². The van der Waals surface area contributed by atoms with Crippen LogP contribution in [0.25, 0.3) is 0 Å². The first-order chi connectivity index (χ1) is 6.79. The summed E-state index contributed by atoms with van der Waals surface area (Å²) >= 11 is 0. The SMILES string of the molecule is N#Cc1ccnc([C@@H](N)CC2CC2)c1. The van der Waals surface area contributed by atoms with Crippen LogP contribution < -0.4 is 5.73 Å². The van der Waals surface area contributed by atoms with Gasteiger partial charge in [-0.2, -0.15) is 5.26 Å². The lowest BCUT2D eigenvalue weighted by Crippen LogP contribution is -2.12. The van der Waals surface area contributed by atoms with Crippen molar-refractivity contribution in [2.45, 2.75) is 25.3 Å². The van der Waals surface area contributed by atoms with Crippen LogP contribution in [-0.2, 0) is 0 Å². The first-order valence-electron chi connectivity index (χ1n) is 4.91. The lowest BCUT2D eigenvalue weighted by Gasteiger charge is -2.09. The molecule has 0 bridgehead atoms. The summed E-state index contributed by atoms with van der Waals surface area (Å²) in [4.78, 5) is 4.19. The molecule has 3 heteroatoms. The maximum absolute atomic E-state index is 8.72. The number of nitrogens with two attached hydrogens (primary N) is 1. The van der Waals surface area contributed by atoms with E-state index in [0.29, 0.717) is 5.56 Å². The average Bonchev–Trinajstić information content (AvgIpc) is 3.02. The molecule has 0 saturated heterocycles. The average molecular weight is 187 g/mol. The summed E-state index contributed by atoms with van der Waals surface area (Å²) in [6, 6.07) is 5.58. The van der Waals surface area contributed by atoms with Crippen molar-refractivity contribution in [1.29, 1.82) is 5.26 Å². The molecule has 1 aliphatic carbocycles. The molecule has 1 aromatic heterocycles. The van der Waals surface area contributed by atoms with E-state index in [2.05, 4.69) is 11.1 Å². The van der Waals surface area contributed by atoms with Crippen LogP contribution in [0.3, 0.4) is 0 Å². The van der Waals surface area contributed by atoms with Crippen LogP contribution in [0.2, 0.25) is 0 Å². The van der Waals surface area contributed by atoms with Crippen molar-refractivity contribution >= 4 is 0 Å². The molecule has 72 valence electrons. The maximum atomic E-state index is 8.72. The highest BCUT2D eigenvalue weighted by molar-refractivity contribution is 5.29. The molecule has 1 fully saturated rings. The van der Waals surface area contributed by atoms with Crippen LogP contribution in [0.5, 0.6) is 0 Å². The van der Waals surface area contributed by atoms with Gasteiger partial charge in [-0.1, -0.05) is 12.8 Å². The molecule has 0 spiro atoms. The van der Waals surface area contributed by atoms with E-state index in [9.17, 15) is 0 Å². The van der Waals surface area contributed by atoms with Crippen molar-refractivity contribution in [2.24, 2.45) is 11.7 Å². The van der Waals surface area contributed by atoms with Gasteiger partial charge in [-0.25, -0.2) is 0 Å². The van der Waals surface area contributed by atoms with Crippen molar-refractivity contribution in [3.05, 3.63) is 29.6 Å². The van der Waals surface area contributed by atoms with Crippen LogP contribution in [0.15, 0.2) is 18.3 Å². The standard InChI is InChI=1S/C11H13N3/c12-7-9-3-4-14-11(6-9)10(13)5-8-1-2-8/h3-4,6,8,10H,1-2,5,13H2/t10-/m0/s1. The van der Waals surface area contributed by atoms with Gasteiger partial charge in [0.2, 0.25) is 0 Å². The first-order valence-corrected chi connectivity index (χ1v) is 4.91. The van der Waals surface area contributed by atoms with Gasteiger partial charge in [0.25, 0.3) is 0 Å². The third kappa shape index (κ3) is 2.09. The monoisotopic (exact) mass is 187 g/mol. The highest BCUT2D eigenvalue weighted by Gasteiger charge is 2.24. The van der Waals surface area contributed by atoms with Gasteiger partial charge < -0.3 is 5.73 Å². The van der Waals surface area contributed by atoms with Gasteiger partial charge in [-0.05, 0) is 24.5 Å². The summed E-state index contributed by atoms with van der Waals surface area (Å²) in [6.07, 6.45) is 5.25. The normalized spacial score (nSPS) is 17.4. The Kier molecular flexibility index (Phi) is 2.47. The van der Waals surface area contributed by atoms with Gasteiger partial charge in [0.05, 0.1) is 17.3 Å². The Morgan fingerprint density at radius 3 is 3.07 bits per heavy atom. The minimum absolute atomic E-state index is 0.00389. The number of hydrogen-bond donors (Lipinski definition) is 1. The number of nitrogens with zero attached hydrogens (tertiary/aromatic N) is 2. The highest BCUT2D eigenvalue weighted by atomic mass is 14.8. The molecule has 1 atom stereocenters. The molecule has 14 heavy (non-hydrogen) atoms. The minimum atomic E-state index is -0.00389. The lowest BCUT2D eigenvalue weighted by molar-refractivity contribution is 0.583. The topological polar surface area (TPSA) is 62.7 Å². The Morgan fingerprint density at radius 1 is 1.64 bits per heavy atom. The smallest absolute Gasteiger partial charge is 0.0992 e. The van der Waals surface area contributed by atoms with Crippen molar-refractivity contribution < 1.29 is 0 Å². The predicted molar refractivity (Wildman–Crippen MR) is 53.2 cm³/mol. The van der Waals surface area contributed by atoms with Crippen molar-refractivity contribution in [3.63, 3.8) is 0 Å². The molecule has 1 saturated carbocycles. The molecular formula is C11H13N3. The highest BCUT2D eigenvalue weighted by Crippen LogP contribution is 2.36. The molecule has 2 rings (SSSR count). The quantitative estimate of drug-likeness (QED) is 0.784. The van der Waals surface area contributed by atoms with E-state index in [1.165, 1.54) is 12.8 Å². The third-order valence-electron chi connectivity index (χ3n) is 2.57. The van der Waals surface area contributed by atoms with E-state index < -0.39 is 0 Å². The fourth-order valence-corrected chi connectivity index (χ4v) is 1.55. The largest absolute Gasteiger partial charge is 0.323 e. The Hall–Kier alpha value is -1.40. The molecule has 3 nitrogen and oxygen atoms in total. The number of rotatable bonds is 3. The summed E-state index contributed by atoms with van der Waals surface area (Å²) < 4.78 is 0. The molecular weight excluding hydrogens is 174 g/mol. The van der Waals surface area contributed by atoms with Gasteiger partial charge in [-0.3, -0.25) is 4.98 Å². The van der Waals surface area contributed by atoms with Gasteiger partial charge in [0, 0.05) is 12.2 Å². The molecule has 0 unspecified atom stereocenters. The first kappa shape index (κ1) is 9.17. The van der Waals surface area contributed by atoms with Crippen LogP contribution in [0.4, 0.5) is 0 Å². The van der Waals surface area contributed by atoms with E-state index in [1.54, 1.807) is 18.3 Å². The van der Waals surface area contributed by atoms with Crippen LogP contribution in [0, 0.1) is 17.2 Å². The van der Waals surface area contributed by atoms with E-state index in [-0.39, 0.29) is 6.04 Å². The van der Waals surface area contributed by atoms with Gasteiger partial charge in [0.1, 0.15) is 0 Å². The van der Waals surface area contributed by atoms with Gasteiger partial charge in [-0.15, -0.1) is 0 Å². The van der Waals surface area contributed by atoms with E-state index in [4.69, 9.17) is 11.0 Å². The number of nitriles is 1. The molecule has 0 radical (unpaired) electrons. The molecule has 1 aromatic rings. The summed E-state index contributed by atoms with van der Waals surface area (Å²) in [6.45, 7) is 0. The fraction of sp³-hybridized carbons (Fsp3) is 0.455.